The van der Waals surface area contributed by atoms with Crippen molar-refractivity contribution in [3.63, 3.8) is 0 Å². The van der Waals surface area contributed by atoms with Crippen LogP contribution in [0.2, 0.25) is 18.1 Å². The lowest BCUT2D eigenvalue weighted by Gasteiger charge is -2.38. The molecule has 3 N–H and O–H groups in total. The molecule has 0 aromatic heterocycles. The van der Waals surface area contributed by atoms with Crippen LogP contribution in [-0.4, -0.2) is 112 Å². The molecule has 15 heteroatoms. The van der Waals surface area contributed by atoms with Gasteiger partial charge < -0.3 is 48.9 Å². The summed E-state index contributed by atoms with van der Waals surface area (Å²) in [6.45, 7) is 11.6. The zero-order valence-electron chi connectivity index (χ0n) is 29.6. The van der Waals surface area contributed by atoms with E-state index in [-0.39, 0.29) is 66.5 Å². The molecule has 2 fully saturated rings. The number of carbonyl (C=O) groups excluding carboxylic acids is 4. The van der Waals surface area contributed by atoms with E-state index >= 15 is 0 Å². The van der Waals surface area contributed by atoms with E-state index in [9.17, 15) is 24.3 Å². The molecule has 4 aliphatic heterocycles. The van der Waals surface area contributed by atoms with Crippen LogP contribution < -0.4 is 29.6 Å². The molecule has 4 amide bonds. The molecule has 2 aromatic rings. The molecule has 1 unspecified atom stereocenters. The Balaban J connectivity index is 1.10. The van der Waals surface area contributed by atoms with Crippen LogP contribution in [0.3, 0.4) is 0 Å². The minimum atomic E-state index is -2.10. The fourth-order valence-electron chi connectivity index (χ4n) is 6.63. The first kappa shape index (κ1) is 35.5. The van der Waals surface area contributed by atoms with E-state index < -0.39 is 26.5 Å². The number of benzene rings is 2. The van der Waals surface area contributed by atoms with E-state index in [0.717, 1.165) is 0 Å². The molecule has 4 aliphatic rings. The monoisotopic (exact) mass is 710 g/mol. The van der Waals surface area contributed by atoms with Crippen molar-refractivity contribution >= 4 is 43.3 Å². The van der Waals surface area contributed by atoms with Crippen LogP contribution in [0.25, 0.3) is 0 Å². The van der Waals surface area contributed by atoms with Gasteiger partial charge in [0.25, 0.3) is 11.8 Å². The average Bonchev–Trinajstić information content (AvgIpc) is 3.62. The molecule has 270 valence electrons. The minimum absolute atomic E-state index is 0.000423. The molecule has 0 spiro atoms. The van der Waals surface area contributed by atoms with Gasteiger partial charge in [0.2, 0.25) is 11.8 Å². The van der Waals surface area contributed by atoms with Gasteiger partial charge in [0.1, 0.15) is 12.1 Å². The quantitative estimate of drug-likeness (QED) is 0.245. The average molecular weight is 711 g/mol. The maximum Gasteiger partial charge on any atom is 0.256 e. The summed E-state index contributed by atoms with van der Waals surface area (Å²) in [7, 11) is 0.840. The molecular weight excluding hydrogens is 664 g/mol. The third-order valence-corrected chi connectivity index (χ3v) is 14.9. The highest BCUT2D eigenvalue weighted by Crippen LogP contribution is 2.42. The number of nitrogens with one attached hydrogen (secondary N) is 2. The number of hydrogen-bond acceptors (Lipinski definition) is 10. The van der Waals surface area contributed by atoms with Crippen molar-refractivity contribution in [1.29, 1.82) is 0 Å². The molecule has 2 aromatic carbocycles. The third-order valence-electron chi connectivity index (χ3n) is 10.3. The van der Waals surface area contributed by atoms with Gasteiger partial charge in [-0.3, -0.25) is 19.2 Å². The Morgan fingerprint density at radius 2 is 1.24 bits per heavy atom. The Kier molecular flexibility index (Phi) is 9.52. The number of rotatable bonds is 10. The molecule has 4 heterocycles. The highest BCUT2D eigenvalue weighted by Gasteiger charge is 2.47. The lowest BCUT2D eigenvalue weighted by Crippen LogP contribution is -2.44. The summed E-state index contributed by atoms with van der Waals surface area (Å²) in [6.07, 6.45) is 0.0588. The Hall–Kier alpha value is -4.34. The van der Waals surface area contributed by atoms with Gasteiger partial charge in [0.15, 0.2) is 31.3 Å². The second kappa shape index (κ2) is 13.4. The van der Waals surface area contributed by atoms with Crippen LogP contribution in [0.5, 0.6) is 23.0 Å². The smallest absolute Gasteiger partial charge is 0.256 e. The molecule has 6 rings (SSSR count). The number of anilines is 2. The molecule has 4 atom stereocenters. The molecule has 0 aliphatic carbocycles. The van der Waals surface area contributed by atoms with Gasteiger partial charge in [-0.15, -0.1) is 0 Å². The highest BCUT2D eigenvalue weighted by molar-refractivity contribution is 6.74. The van der Waals surface area contributed by atoms with E-state index in [1.165, 1.54) is 25.2 Å². The fourth-order valence-corrected chi connectivity index (χ4v) is 7.98. The normalized spacial score (nSPS) is 23.2. The fraction of sp³-hybridized carbons (Fsp3) is 0.543. The third kappa shape index (κ3) is 6.61. The Morgan fingerprint density at radius 1 is 0.760 bits per heavy atom. The summed E-state index contributed by atoms with van der Waals surface area (Å²) in [6, 6.07) is 4.90. The molecule has 0 radical (unpaired) electrons. The van der Waals surface area contributed by atoms with Gasteiger partial charge in [-0.2, -0.15) is 0 Å². The van der Waals surface area contributed by atoms with E-state index in [1.54, 1.807) is 23.1 Å². The maximum atomic E-state index is 13.8. The van der Waals surface area contributed by atoms with Crippen LogP contribution >= 0.6 is 0 Å². The van der Waals surface area contributed by atoms with Gasteiger partial charge in [-0.25, -0.2) is 0 Å². The first-order valence-electron chi connectivity index (χ1n) is 16.9. The van der Waals surface area contributed by atoms with E-state index in [0.29, 0.717) is 59.3 Å². The van der Waals surface area contributed by atoms with Crippen molar-refractivity contribution in [2.75, 3.05) is 51.2 Å². The predicted octanol–water partition coefficient (Wildman–Crippen LogP) is 3.64. The van der Waals surface area contributed by atoms with Crippen LogP contribution in [0.15, 0.2) is 24.3 Å². The van der Waals surface area contributed by atoms with E-state index in [4.69, 9.17) is 23.4 Å². The van der Waals surface area contributed by atoms with Crippen LogP contribution in [-0.2, 0) is 14.0 Å². The number of methoxy groups -OCH3 is 2. The summed E-state index contributed by atoms with van der Waals surface area (Å²) in [5.41, 5.74) is 1.23. The van der Waals surface area contributed by atoms with Crippen molar-refractivity contribution in [3.05, 3.63) is 35.4 Å². The van der Waals surface area contributed by atoms with Gasteiger partial charge in [0.05, 0.1) is 62.1 Å². The topological polar surface area (TPSA) is 165 Å². The van der Waals surface area contributed by atoms with Gasteiger partial charge >= 0.3 is 0 Å². The van der Waals surface area contributed by atoms with Gasteiger partial charge in [-0.1, -0.05) is 20.8 Å². The Labute approximate surface area is 292 Å². The SMILES string of the molecule is COc1cc2c(cc1OCCCOc1cc3c(cc1OC)C(=O)N1C[C@H](O)C[C@H]1C(=O)N3)NC(=O)[C@@H]1CC(O[Si](C)(C)C(C)(C)C)CN1C2=O. The van der Waals surface area contributed by atoms with Crippen LogP contribution in [0, 0.1) is 0 Å². The van der Waals surface area contributed by atoms with Crippen molar-refractivity contribution < 1.29 is 47.7 Å². The van der Waals surface area contributed by atoms with Crippen molar-refractivity contribution in [2.24, 2.45) is 0 Å². The number of aliphatic hydroxyl groups is 1. The Bertz CT molecular complexity index is 1710. The van der Waals surface area contributed by atoms with E-state index in [2.05, 4.69) is 44.5 Å². The van der Waals surface area contributed by atoms with Crippen molar-refractivity contribution in [2.45, 2.75) is 82.5 Å². The minimum Gasteiger partial charge on any atom is -0.493 e. The van der Waals surface area contributed by atoms with Gasteiger partial charge in [-0.05, 0) is 30.3 Å². The van der Waals surface area contributed by atoms with Crippen molar-refractivity contribution in [1.82, 2.24) is 9.80 Å². The molecule has 0 bridgehead atoms. The van der Waals surface area contributed by atoms with Gasteiger partial charge in [0, 0.05) is 44.5 Å². The summed E-state index contributed by atoms with van der Waals surface area (Å²) in [5, 5.41) is 15.7. The molecule has 50 heavy (non-hydrogen) atoms. The second-order valence-corrected chi connectivity index (χ2v) is 19.5. The number of aliphatic hydroxyl groups excluding tert-OH is 1. The lowest BCUT2D eigenvalue weighted by atomic mass is 10.1. The van der Waals surface area contributed by atoms with Crippen molar-refractivity contribution in [3.8, 4) is 23.0 Å². The summed E-state index contributed by atoms with van der Waals surface area (Å²) in [5.74, 6) is 0.0772. The van der Waals surface area contributed by atoms with E-state index in [1.807, 2.05) is 0 Å². The first-order chi connectivity index (χ1) is 23.6. The largest absolute Gasteiger partial charge is 0.493 e. The predicted molar refractivity (Wildman–Crippen MR) is 186 cm³/mol. The standard InChI is InChI=1S/C35H46N4O10Si/c1-35(2,3)50(6,7)49-20-12-26-32(42)37-24-16-30(28(46-5)14-22(24)34(44)39(26)18-20)48-10-8-9-47-29-15-23-21(13-27(29)45-4)33(43)38-17-19(40)11-25(38)31(41)36-23/h13-16,19-20,25-26,40H,8-12,17-18H2,1-7H3,(H,36,41)(H,37,42)/t19-,20?,25+,26+/m1/s1. The maximum absolute atomic E-state index is 13.8. The number of fused-ring (bicyclic) bond motifs is 4. The molecule has 14 nitrogen and oxygen atoms in total. The lowest BCUT2D eigenvalue weighted by molar-refractivity contribution is -0.120. The number of ether oxygens (including phenoxy) is 4. The summed E-state index contributed by atoms with van der Waals surface area (Å²) < 4.78 is 29.6. The molecule has 0 saturated carbocycles. The molecule has 2 saturated heterocycles. The highest BCUT2D eigenvalue weighted by atomic mass is 28.4. The number of hydrogen-bond donors (Lipinski definition) is 3. The number of amides is 4. The zero-order valence-corrected chi connectivity index (χ0v) is 30.6. The first-order valence-corrected chi connectivity index (χ1v) is 19.8. The number of nitrogens with zero attached hydrogens (tertiary/aromatic N) is 2. The zero-order chi connectivity index (χ0) is 36.1. The van der Waals surface area contributed by atoms with Crippen LogP contribution in [0.1, 0.15) is 60.7 Å². The summed E-state index contributed by atoms with van der Waals surface area (Å²) in [4.78, 5) is 56.1. The van der Waals surface area contributed by atoms with Crippen LogP contribution in [0.4, 0.5) is 11.4 Å². The molecular formula is C35H46N4O10Si. The number of carbonyl (C=O) groups is 4. The summed E-state index contributed by atoms with van der Waals surface area (Å²) >= 11 is 0. The second-order valence-electron chi connectivity index (χ2n) is 14.7. The Morgan fingerprint density at radius 3 is 1.72 bits per heavy atom.